The zero-order valence-corrected chi connectivity index (χ0v) is 12.1. The molecule has 0 bridgehead atoms. The number of nitrogens with zero attached hydrogens (tertiary/aromatic N) is 3. The highest BCUT2D eigenvalue weighted by Gasteiger charge is 2.03. The van der Waals surface area contributed by atoms with E-state index in [2.05, 4.69) is 17.2 Å². The van der Waals surface area contributed by atoms with Crippen molar-refractivity contribution in [1.29, 1.82) is 0 Å². The third kappa shape index (κ3) is 4.37. The number of unbranched alkanes of at least 4 members (excludes halogenated alkanes) is 5. The smallest absolute Gasteiger partial charge is 0.115 e. The quantitative estimate of drug-likeness (QED) is 0.743. The zero-order chi connectivity index (χ0) is 14.2. The van der Waals surface area contributed by atoms with E-state index >= 15 is 0 Å². The monoisotopic (exact) mass is 273 g/mol. The first-order valence-corrected chi connectivity index (χ1v) is 7.50. The molecule has 1 heterocycles. The maximum atomic E-state index is 9.27. The number of phenols is 1. The molecule has 0 aliphatic rings. The molecule has 0 atom stereocenters. The molecule has 0 aliphatic heterocycles. The van der Waals surface area contributed by atoms with Crippen LogP contribution in [0.15, 0.2) is 30.5 Å². The minimum Gasteiger partial charge on any atom is -0.508 e. The second-order valence-corrected chi connectivity index (χ2v) is 5.19. The molecule has 1 N–H and O–H groups in total. The number of hydrogen-bond donors (Lipinski definition) is 1. The van der Waals surface area contributed by atoms with Crippen LogP contribution in [0.2, 0.25) is 0 Å². The van der Waals surface area contributed by atoms with Crippen LogP contribution in [0.5, 0.6) is 5.75 Å². The fraction of sp³-hybridized carbons (Fsp3) is 0.500. The molecule has 20 heavy (non-hydrogen) atoms. The van der Waals surface area contributed by atoms with Gasteiger partial charge < -0.3 is 5.11 Å². The van der Waals surface area contributed by atoms with Gasteiger partial charge >= 0.3 is 0 Å². The maximum Gasteiger partial charge on any atom is 0.115 e. The van der Waals surface area contributed by atoms with E-state index < -0.39 is 0 Å². The topological polar surface area (TPSA) is 50.9 Å². The van der Waals surface area contributed by atoms with Crippen LogP contribution in [-0.4, -0.2) is 20.1 Å². The summed E-state index contributed by atoms with van der Waals surface area (Å²) >= 11 is 0. The average molecular weight is 273 g/mol. The lowest BCUT2D eigenvalue weighted by Crippen LogP contribution is -1.93. The second kappa shape index (κ2) is 7.68. The zero-order valence-electron chi connectivity index (χ0n) is 12.1. The van der Waals surface area contributed by atoms with Gasteiger partial charge in [-0.2, -0.15) is 0 Å². The summed E-state index contributed by atoms with van der Waals surface area (Å²) in [6.45, 7) is 2.24. The van der Waals surface area contributed by atoms with E-state index in [1.165, 1.54) is 38.5 Å². The van der Waals surface area contributed by atoms with Gasteiger partial charge in [-0.3, -0.25) is 0 Å². The first kappa shape index (κ1) is 14.6. The molecule has 0 radical (unpaired) electrons. The number of aryl methyl sites for hydroxylation is 1. The Labute approximate surface area is 120 Å². The lowest BCUT2D eigenvalue weighted by molar-refractivity contribution is 0.475. The van der Waals surface area contributed by atoms with Crippen molar-refractivity contribution in [3.8, 4) is 11.4 Å². The Kier molecular flexibility index (Phi) is 5.59. The van der Waals surface area contributed by atoms with Crippen LogP contribution in [0, 0.1) is 0 Å². The van der Waals surface area contributed by atoms with Crippen molar-refractivity contribution >= 4 is 0 Å². The molecule has 1 aromatic heterocycles. The van der Waals surface area contributed by atoms with Crippen LogP contribution >= 0.6 is 0 Å². The van der Waals surface area contributed by atoms with Gasteiger partial charge in [-0.1, -0.05) is 44.2 Å². The molecule has 4 nitrogen and oxygen atoms in total. The Balaban J connectivity index is 1.79. The van der Waals surface area contributed by atoms with Gasteiger partial charge in [0.15, 0.2) is 0 Å². The van der Waals surface area contributed by atoms with Crippen LogP contribution in [0.4, 0.5) is 0 Å². The number of hydrogen-bond acceptors (Lipinski definition) is 3. The van der Waals surface area contributed by atoms with Gasteiger partial charge in [0.1, 0.15) is 5.75 Å². The number of benzene rings is 1. The third-order valence-electron chi connectivity index (χ3n) is 3.44. The Morgan fingerprint density at radius 2 is 1.70 bits per heavy atom. The normalized spacial score (nSPS) is 10.8. The number of rotatable bonds is 8. The molecule has 0 saturated heterocycles. The number of aromatic hydroxyl groups is 1. The fourth-order valence-corrected chi connectivity index (χ4v) is 2.23. The molecule has 1 aromatic carbocycles. The molecule has 0 unspecified atom stereocenters. The molecule has 0 fully saturated rings. The molecule has 0 aliphatic carbocycles. The SMILES string of the molecule is CCCCCCCCc1cn(-c2ccc(O)cc2)nn1. The maximum absolute atomic E-state index is 9.27. The van der Waals surface area contributed by atoms with Crippen molar-refractivity contribution in [1.82, 2.24) is 15.0 Å². The van der Waals surface area contributed by atoms with E-state index in [0.29, 0.717) is 0 Å². The summed E-state index contributed by atoms with van der Waals surface area (Å²) in [5, 5.41) is 17.6. The Morgan fingerprint density at radius 3 is 2.45 bits per heavy atom. The number of phenolic OH excluding ortho intramolecular Hbond substituents is 1. The summed E-state index contributed by atoms with van der Waals surface area (Å²) < 4.78 is 1.76. The second-order valence-electron chi connectivity index (χ2n) is 5.19. The molecule has 0 amide bonds. The fourth-order valence-electron chi connectivity index (χ4n) is 2.23. The first-order valence-electron chi connectivity index (χ1n) is 7.50. The largest absolute Gasteiger partial charge is 0.508 e. The Hall–Kier alpha value is -1.84. The molecular weight excluding hydrogens is 250 g/mol. The van der Waals surface area contributed by atoms with Crippen molar-refractivity contribution < 1.29 is 5.11 Å². The van der Waals surface area contributed by atoms with E-state index in [4.69, 9.17) is 0 Å². The van der Waals surface area contributed by atoms with Crippen molar-refractivity contribution in [2.24, 2.45) is 0 Å². The summed E-state index contributed by atoms with van der Waals surface area (Å²) in [5.74, 6) is 0.265. The van der Waals surface area contributed by atoms with E-state index in [9.17, 15) is 5.11 Å². The van der Waals surface area contributed by atoms with Gasteiger partial charge in [0.2, 0.25) is 0 Å². The van der Waals surface area contributed by atoms with E-state index in [0.717, 1.165) is 17.8 Å². The Morgan fingerprint density at radius 1 is 1.00 bits per heavy atom. The van der Waals surface area contributed by atoms with E-state index in [1.54, 1.807) is 16.8 Å². The molecule has 108 valence electrons. The van der Waals surface area contributed by atoms with Crippen LogP contribution in [-0.2, 0) is 6.42 Å². The summed E-state index contributed by atoms with van der Waals surface area (Å²) in [4.78, 5) is 0. The van der Waals surface area contributed by atoms with Crippen molar-refractivity contribution in [3.63, 3.8) is 0 Å². The predicted octanol–water partition coefficient (Wildman–Crippen LogP) is 3.88. The highest BCUT2D eigenvalue weighted by Crippen LogP contribution is 2.14. The van der Waals surface area contributed by atoms with Crippen LogP contribution < -0.4 is 0 Å². The standard InChI is InChI=1S/C16H23N3O/c1-2-3-4-5-6-7-8-14-13-19(18-17-14)15-9-11-16(20)12-10-15/h9-13,20H,2-8H2,1H3. The minimum atomic E-state index is 0.265. The average Bonchev–Trinajstić information content (AvgIpc) is 2.92. The van der Waals surface area contributed by atoms with Crippen LogP contribution in [0.25, 0.3) is 5.69 Å². The third-order valence-corrected chi connectivity index (χ3v) is 3.44. The van der Waals surface area contributed by atoms with Crippen LogP contribution in [0.3, 0.4) is 0 Å². The summed E-state index contributed by atoms with van der Waals surface area (Å²) in [5.41, 5.74) is 1.96. The van der Waals surface area contributed by atoms with Gasteiger partial charge in [-0.25, -0.2) is 4.68 Å². The van der Waals surface area contributed by atoms with Crippen molar-refractivity contribution in [2.75, 3.05) is 0 Å². The lowest BCUT2D eigenvalue weighted by atomic mass is 10.1. The Bertz CT molecular complexity index is 505. The van der Waals surface area contributed by atoms with Crippen molar-refractivity contribution in [3.05, 3.63) is 36.2 Å². The highest BCUT2D eigenvalue weighted by atomic mass is 16.3. The van der Waals surface area contributed by atoms with Crippen LogP contribution in [0.1, 0.15) is 51.1 Å². The summed E-state index contributed by atoms with van der Waals surface area (Å²) in [6, 6.07) is 6.98. The molecule has 0 spiro atoms. The van der Waals surface area contributed by atoms with Gasteiger partial charge in [0, 0.05) is 0 Å². The van der Waals surface area contributed by atoms with Crippen molar-refractivity contribution in [2.45, 2.75) is 51.9 Å². The van der Waals surface area contributed by atoms with Gasteiger partial charge in [-0.15, -0.1) is 5.10 Å². The molecule has 4 heteroatoms. The van der Waals surface area contributed by atoms with Gasteiger partial charge in [-0.05, 0) is 37.1 Å². The van der Waals surface area contributed by atoms with Gasteiger partial charge in [0.25, 0.3) is 0 Å². The van der Waals surface area contributed by atoms with E-state index in [1.807, 2.05) is 18.3 Å². The lowest BCUT2D eigenvalue weighted by Gasteiger charge is -1.99. The molecule has 2 aromatic rings. The predicted molar refractivity (Wildman–Crippen MR) is 80.1 cm³/mol. The molecular formula is C16H23N3O. The highest BCUT2D eigenvalue weighted by molar-refractivity contribution is 5.35. The summed E-state index contributed by atoms with van der Waals surface area (Å²) in [6.07, 6.45) is 10.7. The van der Waals surface area contributed by atoms with Gasteiger partial charge in [0.05, 0.1) is 17.6 Å². The molecule has 0 saturated carbocycles. The first-order chi connectivity index (χ1) is 9.79. The summed E-state index contributed by atoms with van der Waals surface area (Å²) in [7, 11) is 0. The van der Waals surface area contributed by atoms with E-state index in [-0.39, 0.29) is 5.75 Å². The molecule has 2 rings (SSSR count). The minimum absolute atomic E-state index is 0.265. The number of aromatic nitrogens is 3.